The van der Waals surface area contributed by atoms with Crippen LogP contribution in [0.5, 0.6) is 11.5 Å². The Labute approximate surface area is 136 Å². The second-order valence-electron chi connectivity index (χ2n) is 5.66. The second kappa shape index (κ2) is 7.36. The first-order valence-electron chi connectivity index (χ1n) is 8.15. The van der Waals surface area contributed by atoms with Crippen LogP contribution in [0, 0.1) is 5.82 Å². The molecule has 0 N–H and O–H groups in total. The van der Waals surface area contributed by atoms with Crippen molar-refractivity contribution in [1.82, 2.24) is 0 Å². The molecule has 3 nitrogen and oxygen atoms in total. The average Bonchev–Trinajstić information content (AvgIpc) is 2.59. The first-order chi connectivity index (χ1) is 11.3. The Balaban J connectivity index is 1.61. The van der Waals surface area contributed by atoms with E-state index in [1.807, 2.05) is 37.3 Å². The number of nitrogens with zero attached hydrogens (tertiary/aromatic N) is 1. The predicted octanol–water partition coefficient (Wildman–Crippen LogP) is 4.27. The summed E-state index contributed by atoms with van der Waals surface area (Å²) in [5, 5.41) is 0. The van der Waals surface area contributed by atoms with Gasteiger partial charge >= 0.3 is 0 Å². The minimum absolute atomic E-state index is 0.187. The number of ether oxygens (including phenoxy) is 2. The molecule has 0 amide bonds. The fraction of sp³-hybridized carbons (Fsp3) is 0.368. The van der Waals surface area contributed by atoms with Gasteiger partial charge in [0, 0.05) is 32.0 Å². The van der Waals surface area contributed by atoms with E-state index in [4.69, 9.17) is 9.47 Å². The number of hydrogen-bond acceptors (Lipinski definition) is 3. The SMILES string of the molecule is CCOc1ccc(F)c(N2CCC(Oc3ccccc3)CC2)c1. The summed E-state index contributed by atoms with van der Waals surface area (Å²) in [6.07, 6.45) is 1.95. The van der Waals surface area contributed by atoms with Crippen molar-refractivity contribution < 1.29 is 13.9 Å². The third-order valence-electron chi connectivity index (χ3n) is 4.06. The maximum Gasteiger partial charge on any atom is 0.146 e. The Kier molecular flexibility index (Phi) is 5.01. The molecule has 0 aromatic heterocycles. The fourth-order valence-electron chi connectivity index (χ4n) is 2.90. The number of hydrogen-bond donors (Lipinski definition) is 0. The fourth-order valence-corrected chi connectivity index (χ4v) is 2.90. The normalized spacial score (nSPS) is 15.5. The van der Waals surface area contributed by atoms with E-state index < -0.39 is 0 Å². The van der Waals surface area contributed by atoms with E-state index >= 15 is 0 Å². The summed E-state index contributed by atoms with van der Waals surface area (Å²) in [6.45, 7) is 4.07. The Morgan fingerprint density at radius 3 is 2.48 bits per heavy atom. The molecule has 2 aromatic rings. The molecule has 1 aliphatic heterocycles. The molecule has 23 heavy (non-hydrogen) atoms. The topological polar surface area (TPSA) is 21.7 Å². The molecule has 1 aliphatic rings. The van der Waals surface area contributed by atoms with Crippen LogP contribution >= 0.6 is 0 Å². The molecule has 1 saturated heterocycles. The van der Waals surface area contributed by atoms with Crippen molar-refractivity contribution in [2.45, 2.75) is 25.9 Å². The van der Waals surface area contributed by atoms with Gasteiger partial charge in [-0.1, -0.05) is 18.2 Å². The lowest BCUT2D eigenvalue weighted by molar-refractivity contribution is 0.170. The van der Waals surface area contributed by atoms with Crippen LogP contribution < -0.4 is 14.4 Å². The van der Waals surface area contributed by atoms with E-state index in [-0.39, 0.29) is 11.9 Å². The molecule has 1 fully saturated rings. The molecule has 0 bridgehead atoms. The molecule has 3 rings (SSSR count). The average molecular weight is 315 g/mol. The van der Waals surface area contributed by atoms with Gasteiger partial charge in [0.05, 0.1) is 12.3 Å². The summed E-state index contributed by atoms with van der Waals surface area (Å²) in [4.78, 5) is 2.07. The number of para-hydroxylation sites is 1. The largest absolute Gasteiger partial charge is 0.494 e. The maximum absolute atomic E-state index is 14.1. The lowest BCUT2D eigenvalue weighted by atomic mass is 10.1. The van der Waals surface area contributed by atoms with Crippen molar-refractivity contribution in [2.75, 3.05) is 24.6 Å². The first kappa shape index (κ1) is 15.7. The van der Waals surface area contributed by atoms with Crippen LogP contribution in [-0.4, -0.2) is 25.8 Å². The van der Waals surface area contributed by atoms with Gasteiger partial charge in [-0.15, -0.1) is 0 Å². The predicted molar refractivity (Wildman–Crippen MR) is 89.9 cm³/mol. The molecular weight excluding hydrogens is 293 g/mol. The lowest BCUT2D eigenvalue weighted by Crippen LogP contribution is -2.38. The molecule has 0 unspecified atom stereocenters. The molecule has 0 saturated carbocycles. The smallest absolute Gasteiger partial charge is 0.146 e. The Hall–Kier alpha value is -2.23. The zero-order valence-electron chi connectivity index (χ0n) is 13.4. The molecular formula is C19H22FNO2. The van der Waals surface area contributed by atoms with Gasteiger partial charge in [0.2, 0.25) is 0 Å². The Bertz CT molecular complexity index is 625. The molecule has 4 heteroatoms. The highest BCUT2D eigenvalue weighted by Crippen LogP contribution is 2.28. The van der Waals surface area contributed by atoms with Crippen LogP contribution in [0.15, 0.2) is 48.5 Å². The van der Waals surface area contributed by atoms with Crippen LogP contribution in [-0.2, 0) is 0 Å². The van der Waals surface area contributed by atoms with E-state index in [9.17, 15) is 4.39 Å². The summed E-state index contributed by atoms with van der Waals surface area (Å²) >= 11 is 0. The molecule has 2 aromatic carbocycles. The number of piperidine rings is 1. The van der Waals surface area contributed by atoms with E-state index in [1.54, 1.807) is 12.1 Å². The van der Waals surface area contributed by atoms with Crippen molar-refractivity contribution in [1.29, 1.82) is 0 Å². The van der Waals surface area contributed by atoms with Gasteiger partial charge in [0.25, 0.3) is 0 Å². The standard InChI is InChI=1S/C19H22FNO2/c1-2-22-17-8-9-18(20)19(14-17)21-12-10-16(11-13-21)23-15-6-4-3-5-7-15/h3-9,14,16H,2,10-13H2,1H3. The van der Waals surface area contributed by atoms with E-state index in [0.29, 0.717) is 18.0 Å². The molecule has 0 atom stereocenters. The van der Waals surface area contributed by atoms with Crippen LogP contribution in [0.1, 0.15) is 19.8 Å². The van der Waals surface area contributed by atoms with Crippen molar-refractivity contribution in [3.05, 3.63) is 54.3 Å². The molecule has 122 valence electrons. The van der Waals surface area contributed by atoms with Crippen LogP contribution in [0.2, 0.25) is 0 Å². The van der Waals surface area contributed by atoms with E-state index in [2.05, 4.69) is 4.90 Å². The number of rotatable bonds is 5. The maximum atomic E-state index is 14.1. The zero-order chi connectivity index (χ0) is 16.1. The minimum Gasteiger partial charge on any atom is -0.494 e. The number of anilines is 1. The van der Waals surface area contributed by atoms with Crippen molar-refractivity contribution in [3.8, 4) is 11.5 Å². The highest BCUT2D eigenvalue weighted by atomic mass is 19.1. The van der Waals surface area contributed by atoms with Gasteiger partial charge in [-0.2, -0.15) is 0 Å². The summed E-state index contributed by atoms with van der Waals surface area (Å²) in [6, 6.07) is 14.8. The molecule has 0 aliphatic carbocycles. The highest BCUT2D eigenvalue weighted by Gasteiger charge is 2.22. The van der Waals surface area contributed by atoms with E-state index in [1.165, 1.54) is 6.07 Å². The summed E-state index contributed by atoms with van der Waals surface area (Å²) < 4.78 is 25.6. The highest BCUT2D eigenvalue weighted by molar-refractivity contribution is 5.52. The number of halogens is 1. The van der Waals surface area contributed by atoms with Crippen molar-refractivity contribution >= 4 is 5.69 Å². The Morgan fingerprint density at radius 2 is 1.78 bits per heavy atom. The summed E-state index contributed by atoms with van der Waals surface area (Å²) in [5.41, 5.74) is 0.620. The van der Waals surface area contributed by atoms with Crippen LogP contribution in [0.25, 0.3) is 0 Å². The molecule has 0 spiro atoms. The van der Waals surface area contributed by atoms with Crippen molar-refractivity contribution in [2.24, 2.45) is 0 Å². The van der Waals surface area contributed by atoms with Gasteiger partial charge in [-0.3, -0.25) is 0 Å². The van der Waals surface area contributed by atoms with Gasteiger partial charge < -0.3 is 14.4 Å². The number of benzene rings is 2. The van der Waals surface area contributed by atoms with Crippen LogP contribution in [0.3, 0.4) is 0 Å². The summed E-state index contributed by atoms with van der Waals surface area (Å²) in [5.74, 6) is 1.41. The quantitative estimate of drug-likeness (QED) is 0.822. The second-order valence-corrected chi connectivity index (χ2v) is 5.66. The van der Waals surface area contributed by atoms with Gasteiger partial charge in [0.15, 0.2) is 0 Å². The third-order valence-corrected chi connectivity index (χ3v) is 4.06. The zero-order valence-corrected chi connectivity index (χ0v) is 13.4. The molecule has 0 radical (unpaired) electrons. The third kappa shape index (κ3) is 3.95. The van der Waals surface area contributed by atoms with Crippen molar-refractivity contribution in [3.63, 3.8) is 0 Å². The minimum atomic E-state index is -0.198. The van der Waals surface area contributed by atoms with E-state index in [0.717, 1.165) is 31.7 Å². The monoisotopic (exact) mass is 315 g/mol. The molecule has 1 heterocycles. The van der Waals surface area contributed by atoms with Crippen LogP contribution in [0.4, 0.5) is 10.1 Å². The van der Waals surface area contributed by atoms with Gasteiger partial charge in [-0.25, -0.2) is 4.39 Å². The first-order valence-corrected chi connectivity index (χ1v) is 8.15. The van der Waals surface area contributed by atoms with Gasteiger partial charge in [0.1, 0.15) is 23.4 Å². The summed E-state index contributed by atoms with van der Waals surface area (Å²) in [7, 11) is 0. The lowest BCUT2D eigenvalue weighted by Gasteiger charge is -2.34. The Morgan fingerprint density at radius 1 is 1.04 bits per heavy atom. The van der Waals surface area contributed by atoms with Gasteiger partial charge in [-0.05, 0) is 31.2 Å².